The third-order valence-electron chi connectivity index (χ3n) is 13.4. The number of benzene rings is 3. The van der Waals surface area contributed by atoms with Gasteiger partial charge >= 0.3 is 5.97 Å². The highest BCUT2D eigenvalue weighted by atomic mass is 16.7. The second kappa shape index (κ2) is 23.5. The van der Waals surface area contributed by atoms with Gasteiger partial charge in [-0.2, -0.15) is 0 Å². The Hall–Kier alpha value is -6.96. The summed E-state index contributed by atoms with van der Waals surface area (Å²) in [6, 6.07) is 26.2. The number of piperazine rings is 2. The van der Waals surface area contributed by atoms with E-state index in [-0.39, 0.29) is 58.6 Å². The van der Waals surface area contributed by atoms with E-state index in [0.29, 0.717) is 5.69 Å². The quantitative estimate of drug-likeness (QED) is 0.104. The Balaban J connectivity index is 1.31. The van der Waals surface area contributed by atoms with Crippen molar-refractivity contribution in [1.82, 2.24) is 39.4 Å². The number of amides is 6. The number of imidazole rings is 1. The van der Waals surface area contributed by atoms with Crippen LogP contribution in [0.5, 0.6) is 0 Å². The molecule has 74 heavy (non-hydrogen) atoms. The van der Waals surface area contributed by atoms with Crippen molar-refractivity contribution in [3.8, 4) is 0 Å². The Morgan fingerprint density at radius 1 is 0.662 bits per heavy atom. The highest BCUT2D eigenvalue weighted by Gasteiger charge is 2.45. The number of hydrogen-bond donors (Lipinski definition) is 1. The molecule has 396 valence electrons. The van der Waals surface area contributed by atoms with E-state index in [1.807, 2.05) is 102 Å². The molecule has 6 heterocycles. The first-order valence-corrected chi connectivity index (χ1v) is 25.1. The molecule has 0 unspecified atom stereocenters. The van der Waals surface area contributed by atoms with Crippen LogP contribution in [-0.2, 0) is 64.5 Å². The SMILES string of the molecule is COC(CN1CC(=O)N2CCN(CC(=O)N3CCN(CC(=O)N[C@@H](COC(C)(C)C)C1=O)C(=O)[C@@H]3CCC(=O)OC(C)(C)C)C(=O)[C@@H]2Cc1cn(C(c2ccccc2)(c2ccccc2)c2ccccc2)cn1)OC. The van der Waals surface area contributed by atoms with E-state index >= 15 is 4.79 Å². The van der Waals surface area contributed by atoms with Gasteiger partial charge in [0.25, 0.3) is 0 Å². The summed E-state index contributed by atoms with van der Waals surface area (Å²) in [7, 11) is 2.77. The number of hydrogen-bond acceptors (Lipinski definition) is 12. The van der Waals surface area contributed by atoms with Gasteiger partial charge in [-0.05, 0) is 64.7 Å². The highest BCUT2D eigenvalue weighted by molar-refractivity contribution is 5.97. The lowest BCUT2D eigenvalue weighted by atomic mass is 9.77. The minimum absolute atomic E-state index is 0.0188. The topological polar surface area (TPSA) is 202 Å². The predicted molar refractivity (Wildman–Crippen MR) is 272 cm³/mol. The standard InChI is InChI=1S/C55H70N8O11/c1-53(2,3)73-36-42-50(68)60(35-49(71-7)72-8)34-47(66)63-29-27-59(33-46(65)62-28-26-58(32-45(64)57-42)51(69)43(62)24-25-48(67)74-54(4,5)6)52(70)44(63)30-41-31-61(37-56-41)55(38-18-12-9-13-19-38,39-20-14-10-15-21-39)40-22-16-11-17-23-40/h9-23,31,37,42-44,49H,24-30,32-36H2,1-8H3,(H,57,64)/t42-,43-,44-/m0/s1. The van der Waals surface area contributed by atoms with Gasteiger partial charge < -0.3 is 53.3 Å². The summed E-state index contributed by atoms with van der Waals surface area (Å²) in [5.41, 5.74) is 0.779. The summed E-state index contributed by atoms with van der Waals surface area (Å²) < 4.78 is 24.6. The number of rotatable bonds is 15. The van der Waals surface area contributed by atoms with Crippen molar-refractivity contribution in [2.45, 2.75) is 102 Å². The van der Waals surface area contributed by atoms with Crippen LogP contribution >= 0.6 is 0 Å². The molecular weight excluding hydrogens is 949 g/mol. The third-order valence-corrected chi connectivity index (χ3v) is 13.4. The zero-order chi connectivity index (χ0) is 53.4. The first kappa shape index (κ1) is 54.8. The van der Waals surface area contributed by atoms with E-state index in [1.165, 1.54) is 38.7 Å². The number of nitrogens with zero attached hydrogens (tertiary/aromatic N) is 7. The van der Waals surface area contributed by atoms with Crippen molar-refractivity contribution < 1.29 is 52.5 Å². The fourth-order valence-electron chi connectivity index (χ4n) is 9.86. The second-order valence-electron chi connectivity index (χ2n) is 20.8. The monoisotopic (exact) mass is 1020 g/mol. The van der Waals surface area contributed by atoms with Crippen molar-refractivity contribution in [2.75, 3.05) is 73.2 Å². The largest absolute Gasteiger partial charge is 0.460 e. The Labute approximate surface area is 433 Å². The molecule has 5 fully saturated rings. The minimum Gasteiger partial charge on any atom is -0.460 e. The third kappa shape index (κ3) is 12.9. The van der Waals surface area contributed by atoms with Crippen LogP contribution in [0.4, 0.5) is 0 Å². The number of carbonyl (C=O) groups is 7. The van der Waals surface area contributed by atoms with Crippen LogP contribution in [0.3, 0.4) is 0 Å². The summed E-state index contributed by atoms with van der Waals surface area (Å²) >= 11 is 0. The van der Waals surface area contributed by atoms with E-state index < -0.39 is 102 Å². The average molecular weight is 1020 g/mol. The molecule has 4 aromatic rings. The highest BCUT2D eigenvalue weighted by Crippen LogP contribution is 2.41. The van der Waals surface area contributed by atoms with Crippen LogP contribution in [0.2, 0.25) is 0 Å². The maximum atomic E-state index is 15.2. The fraction of sp³-hybridized carbons (Fsp3) is 0.491. The molecule has 0 aliphatic carbocycles. The summed E-state index contributed by atoms with van der Waals surface area (Å²) in [5, 5.41) is 2.75. The maximum Gasteiger partial charge on any atom is 0.306 e. The molecule has 1 aromatic heterocycles. The lowest BCUT2D eigenvalue weighted by Gasteiger charge is -2.44. The molecule has 5 aliphatic heterocycles. The van der Waals surface area contributed by atoms with Crippen molar-refractivity contribution in [3.05, 3.63) is 126 Å². The maximum absolute atomic E-state index is 15.2. The molecule has 0 radical (unpaired) electrons. The molecule has 0 spiro atoms. The van der Waals surface area contributed by atoms with E-state index in [4.69, 9.17) is 23.9 Å². The van der Waals surface area contributed by atoms with Gasteiger partial charge in [-0.15, -0.1) is 0 Å². The Morgan fingerprint density at radius 2 is 1.18 bits per heavy atom. The van der Waals surface area contributed by atoms with Gasteiger partial charge in [0, 0.05) is 59.4 Å². The van der Waals surface area contributed by atoms with Gasteiger partial charge in [-0.25, -0.2) is 4.98 Å². The zero-order valence-electron chi connectivity index (χ0n) is 43.7. The molecule has 5 saturated heterocycles. The molecule has 3 aromatic carbocycles. The first-order valence-electron chi connectivity index (χ1n) is 25.1. The Bertz CT molecular complexity index is 2520. The van der Waals surface area contributed by atoms with Crippen LogP contribution in [0.15, 0.2) is 104 Å². The van der Waals surface area contributed by atoms with Crippen LogP contribution < -0.4 is 5.32 Å². The molecule has 19 heteroatoms. The lowest BCUT2D eigenvalue weighted by molar-refractivity contribution is -0.163. The van der Waals surface area contributed by atoms with Crippen molar-refractivity contribution >= 4 is 41.4 Å². The summed E-state index contributed by atoms with van der Waals surface area (Å²) in [4.78, 5) is 113. The number of ether oxygens (including phenoxy) is 4. The van der Waals surface area contributed by atoms with E-state index in [1.54, 1.807) is 47.9 Å². The van der Waals surface area contributed by atoms with Crippen molar-refractivity contribution in [3.63, 3.8) is 0 Å². The van der Waals surface area contributed by atoms with E-state index in [2.05, 4.69) is 5.32 Å². The number of nitrogens with one attached hydrogen (secondary N) is 1. The average Bonchev–Trinajstić information content (AvgIpc) is 3.83. The number of aromatic nitrogens is 2. The number of fused-ring (bicyclic) bond motifs is 2. The van der Waals surface area contributed by atoms with Gasteiger partial charge in [0.15, 0.2) is 6.29 Å². The lowest BCUT2D eigenvalue weighted by Crippen LogP contribution is -2.65. The molecule has 19 nitrogen and oxygen atoms in total. The molecule has 9 rings (SSSR count). The van der Waals surface area contributed by atoms with Crippen LogP contribution in [0.25, 0.3) is 0 Å². The number of methoxy groups -OCH3 is 2. The molecule has 3 atom stereocenters. The van der Waals surface area contributed by atoms with Gasteiger partial charge in [0.05, 0.1) is 43.9 Å². The van der Waals surface area contributed by atoms with Crippen LogP contribution in [0, 0.1) is 0 Å². The summed E-state index contributed by atoms with van der Waals surface area (Å²) in [6.07, 6.45) is 2.16. The molecule has 0 saturated carbocycles. The molecule has 1 N–H and O–H groups in total. The number of carbonyl (C=O) groups excluding carboxylic acids is 7. The summed E-state index contributed by atoms with van der Waals surface area (Å²) in [5.74, 6) is -4.25. The van der Waals surface area contributed by atoms with E-state index in [9.17, 15) is 28.8 Å². The zero-order valence-corrected chi connectivity index (χ0v) is 43.7. The fourth-order valence-corrected chi connectivity index (χ4v) is 9.86. The van der Waals surface area contributed by atoms with Gasteiger partial charge in [0.2, 0.25) is 35.4 Å². The Morgan fingerprint density at radius 3 is 1.70 bits per heavy atom. The molecule has 6 amide bonds. The van der Waals surface area contributed by atoms with Crippen molar-refractivity contribution in [1.29, 1.82) is 0 Å². The summed E-state index contributed by atoms with van der Waals surface area (Å²) in [6.45, 7) is 8.32. The molecule has 5 aliphatic rings. The second-order valence-corrected chi connectivity index (χ2v) is 20.8. The Kier molecular flexibility index (Phi) is 17.4. The normalized spacial score (nSPS) is 19.9. The number of esters is 1. The smallest absolute Gasteiger partial charge is 0.306 e. The van der Waals surface area contributed by atoms with Crippen LogP contribution in [-0.4, -0.2) is 184 Å². The van der Waals surface area contributed by atoms with Gasteiger partial charge in [-0.1, -0.05) is 91.0 Å². The van der Waals surface area contributed by atoms with E-state index in [0.717, 1.165) is 16.7 Å². The molecular formula is C55H70N8O11. The van der Waals surface area contributed by atoms with Crippen molar-refractivity contribution in [2.24, 2.45) is 0 Å². The van der Waals surface area contributed by atoms with Crippen LogP contribution in [0.1, 0.15) is 76.8 Å². The minimum atomic E-state index is -1.36. The van der Waals surface area contributed by atoms with Gasteiger partial charge in [0.1, 0.15) is 35.8 Å². The predicted octanol–water partition coefficient (Wildman–Crippen LogP) is 3.23. The van der Waals surface area contributed by atoms with Gasteiger partial charge in [-0.3, -0.25) is 33.6 Å². The first-order chi connectivity index (χ1) is 35.2. The molecule has 4 bridgehead atoms.